The standard InChI is InChI=1S/C15H19NO/c1-16(12-17-2)11-10-14-8-5-7-13-6-3-4-9-15(13)14/h3-9H,10-12H2,1-2H3. The van der Waals surface area contributed by atoms with E-state index in [1.165, 1.54) is 16.3 Å². The largest absolute Gasteiger partial charge is 0.369 e. The minimum absolute atomic E-state index is 0.685. The Balaban J connectivity index is 2.13. The normalized spacial score (nSPS) is 11.2. The molecule has 0 radical (unpaired) electrons. The zero-order chi connectivity index (χ0) is 12.1. The van der Waals surface area contributed by atoms with E-state index in [0.717, 1.165) is 13.0 Å². The van der Waals surface area contributed by atoms with Crippen LogP contribution < -0.4 is 0 Å². The third-order valence-corrected chi connectivity index (χ3v) is 2.99. The van der Waals surface area contributed by atoms with Crippen molar-refractivity contribution in [3.63, 3.8) is 0 Å². The van der Waals surface area contributed by atoms with Crippen LogP contribution in [0.3, 0.4) is 0 Å². The van der Waals surface area contributed by atoms with Crippen molar-refractivity contribution in [2.24, 2.45) is 0 Å². The Hall–Kier alpha value is -1.38. The molecule has 0 aromatic heterocycles. The second-order valence-electron chi connectivity index (χ2n) is 4.39. The van der Waals surface area contributed by atoms with Gasteiger partial charge in [0.15, 0.2) is 0 Å². The highest BCUT2D eigenvalue weighted by molar-refractivity contribution is 5.85. The van der Waals surface area contributed by atoms with E-state index in [0.29, 0.717) is 6.73 Å². The number of likely N-dealkylation sites (N-methyl/N-ethyl adjacent to an activating group) is 1. The fourth-order valence-corrected chi connectivity index (χ4v) is 2.11. The maximum absolute atomic E-state index is 5.11. The second-order valence-corrected chi connectivity index (χ2v) is 4.39. The molecule has 0 spiro atoms. The average molecular weight is 229 g/mol. The van der Waals surface area contributed by atoms with Gasteiger partial charge in [0, 0.05) is 13.7 Å². The maximum atomic E-state index is 5.11. The molecule has 2 aromatic rings. The summed E-state index contributed by atoms with van der Waals surface area (Å²) in [5, 5.41) is 2.68. The molecular formula is C15H19NO. The molecule has 0 aliphatic rings. The average Bonchev–Trinajstić information content (AvgIpc) is 2.36. The van der Waals surface area contributed by atoms with Crippen LogP contribution in [0.4, 0.5) is 0 Å². The third-order valence-electron chi connectivity index (χ3n) is 2.99. The summed E-state index contributed by atoms with van der Waals surface area (Å²) < 4.78 is 5.11. The predicted octanol–water partition coefficient (Wildman–Crippen LogP) is 2.92. The molecule has 2 aromatic carbocycles. The summed E-state index contributed by atoms with van der Waals surface area (Å²) in [4.78, 5) is 2.18. The molecule has 0 unspecified atom stereocenters. The summed E-state index contributed by atoms with van der Waals surface area (Å²) in [6.07, 6.45) is 1.06. The molecule has 0 saturated carbocycles. The molecule has 2 rings (SSSR count). The summed E-state index contributed by atoms with van der Waals surface area (Å²) in [7, 11) is 3.81. The molecular weight excluding hydrogens is 210 g/mol. The highest BCUT2D eigenvalue weighted by Gasteiger charge is 2.02. The molecule has 0 aliphatic carbocycles. The van der Waals surface area contributed by atoms with Crippen molar-refractivity contribution in [1.29, 1.82) is 0 Å². The van der Waals surface area contributed by atoms with E-state index in [-0.39, 0.29) is 0 Å². The van der Waals surface area contributed by atoms with Crippen LogP contribution in [0.25, 0.3) is 10.8 Å². The van der Waals surface area contributed by atoms with Crippen LogP contribution in [0.5, 0.6) is 0 Å². The minimum Gasteiger partial charge on any atom is -0.369 e. The van der Waals surface area contributed by atoms with Crippen LogP contribution in [0.15, 0.2) is 42.5 Å². The van der Waals surface area contributed by atoms with Crippen molar-refractivity contribution in [3.8, 4) is 0 Å². The van der Waals surface area contributed by atoms with Crippen molar-refractivity contribution in [2.45, 2.75) is 6.42 Å². The summed E-state index contributed by atoms with van der Waals surface area (Å²) in [5.41, 5.74) is 1.41. The first kappa shape index (κ1) is 12.1. The first-order valence-electron chi connectivity index (χ1n) is 5.95. The van der Waals surface area contributed by atoms with Crippen LogP contribution in [-0.4, -0.2) is 32.3 Å². The Kier molecular flexibility index (Phi) is 4.13. The molecule has 0 heterocycles. The first-order chi connectivity index (χ1) is 8.31. The number of ether oxygens (including phenoxy) is 1. The van der Waals surface area contributed by atoms with E-state index in [4.69, 9.17) is 4.74 Å². The molecule has 2 nitrogen and oxygen atoms in total. The Morgan fingerprint density at radius 1 is 1.06 bits per heavy atom. The Bertz CT molecular complexity index is 476. The fraction of sp³-hybridized carbons (Fsp3) is 0.333. The zero-order valence-electron chi connectivity index (χ0n) is 10.5. The number of rotatable bonds is 5. The molecule has 2 heteroatoms. The van der Waals surface area contributed by atoms with E-state index in [1.807, 2.05) is 0 Å². The van der Waals surface area contributed by atoms with E-state index in [9.17, 15) is 0 Å². The number of fused-ring (bicyclic) bond motifs is 1. The molecule has 90 valence electrons. The van der Waals surface area contributed by atoms with E-state index < -0.39 is 0 Å². The van der Waals surface area contributed by atoms with Crippen molar-refractivity contribution >= 4 is 10.8 Å². The molecule has 17 heavy (non-hydrogen) atoms. The smallest absolute Gasteiger partial charge is 0.0984 e. The van der Waals surface area contributed by atoms with Gasteiger partial charge in [-0.1, -0.05) is 42.5 Å². The third kappa shape index (κ3) is 3.05. The quantitative estimate of drug-likeness (QED) is 0.731. The highest BCUT2D eigenvalue weighted by atomic mass is 16.5. The molecule has 0 fully saturated rings. The van der Waals surface area contributed by atoms with Gasteiger partial charge >= 0.3 is 0 Å². The molecule has 0 N–H and O–H groups in total. The molecule has 0 aliphatic heterocycles. The van der Waals surface area contributed by atoms with Gasteiger partial charge in [-0.05, 0) is 29.8 Å². The van der Waals surface area contributed by atoms with Gasteiger partial charge in [0.05, 0.1) is 6.73 Å². The van der Waals surface area contributed by atoms with Gasteiger partial charge in [-0.25, -0.2) is 0 Å². The summed E-state index contributed by atoms with van der Waals surface area (Å²) in [6.45, 7) is 1.70. The Morgan fingerprint density at radius 2 is 1.82 bits per heavy atom. The monoisotopic (exact) mass is 229 g/mol. The lowest BCUT2D eigenvalue weighted by atomic mass is 10.0. The first-order valence-corrected chi connectivity index (χ1v) is 5.95. The summed E-state index contributed by atoms with van der Waals surface area (Å²) >= 11 is 0. The van der Waals surface area contributed by atoms with Gasteiger partial charge in [0.1, 0.15) is 0 Å². The van der Waals surface area contributed by atoms with Crippen LogP contribution in [0, 0.1) is 0 Å². The van der Waals surface area contributed by atoms with Crippen LogP contribution in [-0.2, 0) is 11.2 Å². The second kappa shape index (κ2) is 5.80. The van der Waals surface area contributed by atoms with Crippen LogP contribution in [0.2, 0.25) is 0 Å². The lowest BCUT2D eigenvalue weighted by molar-refractivity contribution is 0.0828. The SMILES string of the molecule is COCN(C)CCc1cccc2ccccc12. The minimum atomic E-state index is 0.685. The summed E-state index contributed by atoms with van der Waals surface area (Å²) in [6, 6.07) is 15.1. The van der Waals surface area contributed by atoms with E-state index in [1.54, 1.807) is 7.11 Å². The Morgan fingerprint density at radius 3 is 2.65 bits per heavy atom. The zero-order valence-corrected chi connectivity index (χ0v) is 10.5. The molecule has 0 amide bonds. The number of hydrogen-bond donors (Lipinski definition) is 0. The number of hydrogen-bond acceptors (Lipinski definition) is 2. The Labute approximate surface area is 103 Å². The van der Waals surface area contributed by atoms with Gasteiger partial charge in [0.2, 0.25) is 0 Å². The van der Waals surface area contributed by atoms with E-state index in [2.05, 4.69) is 54.4 Å². The fourth-order valence-electron chi connectivity index (χ4n) is 2.11. The van der Waals surface area contributed by atoms with Crippen molar-refractivity contribution in [3.05, 3.63) is 48.0 Å². The van der Waals surface area contributed by atoms with Crippen LogP contribution >= 0.6 is 0 Å². The number of methoxy groups -OCH3 is 1. The predicted molar refractivity (Wildman–Crippen MR) is 72.2 cm³/mol. The topological polar surface area (TPSA) is 12.5 Å². The van der Waals surface area contributed by atoms with Gasteiger partial charge in [-0.3, -0.25) is 4.90 Å². The summed E-state index contributed by atoms with van der Waals surface area (Å²) in [5.74, 6) is 0. The van der Waals surface area contributed by atoms with Crippen LogP contribution in [0.1, 0.15) is 5.56 Å². The molecule has 0 saturated heterocycles. The highest BCUT2D eigenvalue weighted by Crippen LogP contribution is 2.18. The van der Waals surface area contributed by atoms with Gasteiger partial charge in [0.25, 0.3) is 0 Å². The van der Waals surface area contributed by atoms with Gasteiger partial charge < -0.3 is 4.74 Å². The number of nitrogens with zero attached hydrogens (tertiary/aromatic N) is 1. The lowest BCUT2D eigenvalue weighted by Gasteiger charge is -2.15. The maximum Gasteiger partial charge on any atom is 0.0984 e. The van der Waals surface area contributed by atoms with Gasteiger partial charge in [-0.15, -0.1) is 0 Å². The van der Waals surface area contributed by atoms with Gasteiger partial charge in [-0.2, -0.15) is 0 Å². The number of benzene rings is 2. The molecule has 0 bridgehead atoms. The van der Waals surface area contributed by atoms with Crippen molar-refractivity contribution in [1.82, 2.24) is 4.90 Å². The van der Waals surface area contributed by atoms with E-state index >= 15 is 0 Å². The molecule has 0 atom stereocenters. The van der Waals surface area contributed by atoms with Crippen molar-refractivity contribution < 1.29 is 4.74 Å². The van der Waals surface area contributed by atoms with Crippen molar-refractivity contribution in [2.75, 3.05) is 27.4 Å². The lowest BCUT2D eigenvalue weighted by Crippen LogP contribution is -2.23.